The highest BCUT2D eigenvalue weighted by Gasteiger charge is 2.15. The summed E-state index contributed by atoms with van der Waals surface area (Å²) in [6, 6.07) is 13.7. The van der Waals surface area contributed by atoms with Gasteiger partial charge in [0.25, 0.3) is 5.91 Å². The lowest BCUT2D eigenvalue weighted by atomic mass is 9.96. The standard InChI is InChI=1S/C25H26N6O/c1-15(19-6-5-7-20-21(25(32)26-4)8-9-27-24(19)20)13-28-23-12-22(29-14-30-23)18-10-16(2)31-17(3)11-18/h5-12,14-15H,13H2,1-4H3,(H,26,32)(H,28,29,30). The Labute approximate surface area is 187 Å². The van der Waals surface area contributed by atoms with E-state index in [0.717, 1.165) is 44.9 Å². The first-order chi connectivity index (χ1) is 15.5. The number of rotatable bonds is 6. The molecule has 2 N–H and O–H groups in total. The van der Waals surface area contributed by atoms with Crippen LogP contribution in [0.1, 0.15) is 40.2 Å². The number of hydrogen-bond donors (Lipinski definition) is 2. The monoisotopic (exact) mass is 426 g/mol. The van der Waals surface area contributed by atoms with Gasteiger partial charge in [0.2, 0.25) is 0 Å². The fourth-order valence-corrected chi connectivity index (χ4v) is 3.89. The molecule has 0 radical (unpaired) electrons. The second-order valence-electron chi connectivity index (χ2n) is 7.89. The normalized spacial score (nSPS) is 11.9. The lowest BCUT2D eigenvalue weighted by molar-refractivity contribution is 0.0964. The molecular weight excluding hydrogens is 400 g/mol. The molecule has 1 atom stereocenters. The van der Waals surface area contributed by atoms with Gasteiger partial charge in [0.15, 0.2) is 0 Å². The Bertz CT molecular complexity index is 1270. The van der Waals surface area contributed by atoms with Crippen molar-refractivity contribution >= 4 is 22.6 Å². The minimum absolute atomic E-state index is 0.115. The largest absolute Gasteiger partial charge is 0.369 e. The Balaban J connectivity index is 1.56. The molecule has 0 saturated heterocycles. The second-order valence-corrected chi connectivity index (χ2v) is 7.89. The Hall–Kier alpha value is -3.87. The van der Waals surface area contributed by atoms with Gasteiger partial charge in [-0.2, -0.15) is 0 Å². The number of pyridine rings is 2. The number of benzene rings is 1. The van der Waals surface area contributed by atoms with E-state index in [0.29, 0.717) is 12.1 Å². The summed E-state index contributed by atoms with van der Waals surface area (Å²) in [7, 11) is 1.63. The maximum absolute atomic E-state index is 12.2. The lowest BCUT2D eigenvalue weighted by Gasteiger charge is -2.16. The van der Waals surface area contributed by atoms with Crippen LogP contribution in [0, 0.1) is 13.8 Å². The van der Waals surface area contributed by atoms with Gasteiger partial charge in [0, 0.05) is 54.1 Å². The second kappa shape index (κ2) is 9.09. The van der Waals surface area contributed by atoms with Gasteiger partial charge >= 0.3 is 0 Å². The molecule has 1 unspecified atom stereocenters. The van der Waals surface area contributed by atoms with Crippen molar-refractivity contribution in [3.8, 4) is 11.3 Å². The average molecular weight is 427 g/mol. The summed E-state index contributed by atoms with van der Waals surface area (Å²) < 4.78 is 0. The number of amides is 1. The molecule has 32 heavy (non-hydrogen) atoms. The number of nitrogens with one attached hydrogen (secondary N) is 2. The fraction of sp³-hybridized carbons (Fsp3) is 0.240. The number of para-hydroxylation sites is 1. The van der Waals surface area contributed by atoms with Crippen molar-refractivity contribution < 1.29 is 4.79 Å². The Morgan fingerprint density at radius 2 is 1.81 bits per heavy atom. The van der Waals surface area contributed by atoms with Crippen LogP contribution in [-0.2, 0) is 0 Å². The lowest BCUT2D eigenvalue weighted by Crippen LogP contribution is -2.18. The highest BCUT2D eigenvalue weighted by molar-refractivity contribution is 6.06. The van der Waals surface area contributed by atoms with Crippen LogP contribution in [0.5, 0.6) is 0 Å². The van der Waals surface area contributed by atoms with Crippen LogP contribution in [0.4, 0.5) is 5.82 Å². The number of carbonyl (C=O) groups is 1. The minimum atomic E-state index is -0.115. The molecule has 4 aromatic rings. The zero-order chi connectivity index (χ0) is 22.7. The van der Waals surface area contributed by atoms with Gasteiger partial charge in [-0.1, -0.05) is 25.1 Å². The van der Waals surface area contributed by atoms with Crippen LogP contribution in [0.3, 0.4) is 0 Å². The third-order valence-electron chi connectivity index (χ3n) is 5.44. The van der Waals surface area contributed by atoms with Crippen molar-refractivity contribution in [1.82, 2.24) is 25.3 Å². The van der Waals surface area contributed by atoms with E-state index in [1.54, 1.807) is 25.6 Å². The summed E-state index contributed by atoms with van der Waals surface area (Å²) in [5.74, 6) is 0.790. The summed E-state index contributed by atoms with van der Waals surface area (Å²) in [6.07, 6.45) is 3.26. The number of nitrogens with zero attached hydrogens (tertiary/aromatic N) is 4. The Morgan fingerprint density at radius 3 is 2.56 bits per heavy atom. The van der Waals surface area contributed by atoms with E-state index >= 15 is 0 Å². The number of carbonyl (C=O) groups excluding carboxylic acids is 1. The van der Waals surface area contributed by atoms with Gasteiger partial charge in [0.05, 0.1) is 16.8 Å². The topological polar surface area (TPSA) is 92.7 Å². The van der Waals surface area contributed by atoms with E-state index in [1.807, 2.05) is 44.2 Å². The van der Waals surface area contributed by atoms with E-state index in [2.05, 4.69) is 43.6 Å². The number of hydrogen-bond acceptors (Lipinski definition) is 6. The highest BCUT2D eigenvalue weighted by Crippen LogP contribution is 2.27. The predicted molar refractivity (Wildman–Crippen MR) is 127 cm³/mol. The summed E-state index contributed by atoms with van der Waals surface area (Å²) >= 11 is 0. The zero-order valence-corrected chi connectivity index (χ0v) is 18.7. The van der Waals surface area contributed by atoms with Crippen LogP contribution in [0.15, 0.2) is 55.0 Å². The number of aryl methyl sites for hydroxylation is 2. The van der Waals surface area contributed by atoms with Crippen LogP contribution < -0.4 is 10.6 Å². The van der Waals surface area contributed by atoms with Gasteiger partial charge in [-0.3, -0.25) is 14.8 Å². The van der Waals surface area contributed by atoms with Crippen molar-refractivity contribution in [2.75, 3.05) is 18.9 Å². The molecule has 7 heteroatoms. The van der Waals surface area contributed by atoms with Gasteiger partial charge in [-0.05, 0) is 37.6 Å². The molecule has 162 valence electrons. The van der Waals surface area contributed by atoms with Crippen molar-refractivity contribution in [3.05, 3.63) is 77.5 Å². The molecule has 3 heterocycles. The maximum Gasteiger partial charge on any atom is 0.251 e. The van der Waals surface area contributed by atoms with Gasteiger partial charge < -0.3 is 10.6 Å². The molecule has 4 rings (SSSR count). The number of fused-ring (bicyclic) bond motifs is 1. The average Bonchev–Trinajstić information content (AvgIpc) is 2.80. The summed E-state index contributed by atoms with van der Waals surface area (Å²) in [4.78, 5) is 30.0. The van der Waals surface area contributed by atoms with Crippen molar-refractivity contribution in [3.63, 3.8) is 0 Å². The van der Waals surface area contributed by atoms with Crippen molar-refractivity contribution in [1.29, 1.82) is 0 Å². The molecule has 1 aromatic carbocycles. The number of anilines is 1. The summed E-state index contributed by atoms with van der Waals surface area (Å²) in [5.41, 5.74) is 6.34. The van der Waals surface area contributed by atoms with Gasteiger partial charge in [-0.15, -0.1) is 0 Å². The highest BCUT2D eigenvalue weighted by atomic mass is 16.1. The minimum Gasteiger partial charge on any atom is -0.369 e. The molecule has 0 saturated carbocycles. The van der Waals surface area contributed by atoms with E-state index < -0.39 is 0 Å². The molecule has 3 aromatic heterocycles. The predicted octanol–water partition coefficient (Wildman–Crippen LogP) is 4.28. The Morgan fingerprint density at radius 1 is 1.03 bits per heavy atom. The molecule has 0 spiro atoms. The number of aromatic nitrogens is 4. The first kappa shape index (κ1) is 21.4. The molecule has 7 nitrogen and oxygen atoms in total. The first-order valence-electron chi connectivity index (χ1n) is 10.6. The maximum atomic E-state index is 12.2. The van der Waals surface area contributed by atoms with Crippen molar-refractivity contribution in [2.45, 2.75) is 26.7 Å². The zero-order valence-electron chi connectivity index (χ0n) is 18.7. The van der Waals surface area contributed by atoms with E-state index in [-0.39, 0.29) is 11.8 Å². The van der Waals surface area contributed by atoms with Gasteiger partial charge in [-0.25, -0.2) is 9.97 Å². The van der Waals surface area contributed by atoms with E-state index in [9.17, 15) is 4.79 Å². The smallest absolute Gasteiger partial charge is 0.251 e. The van der Waals surface area contributed by atoms with Crippen LogP contribution >= 0.6 is 0 Å². The fourth-order valence-electron chi connectivity index (χ4n) is 3.89. The first-order valence-corrected chi connectivity index (χ1v) is 10.6. The van der Waals surface area contributed by atoms with Gasteiger partial charge in [0.1, 0.15) is 12.1 Å². The SMILES string of the molecule is CNC(=O)c1ccnc2c(C(C)CNc3cc(-c4cc(C)nc(C)c4)ncn3)cccc12. The van der Waals surface area contributed by atoms with Crippen molar-refractivity contribution in [2.24, 2.45) is 0 Å². The molecule has 0 aliphatic carbocycles. The summed E-state index contributed by atoms with van der Waals surface area (Å²) in [5, 5.41) is 6.97. The van der Waals surface area contributed by atoms with Crippen LogP contribution in [0.2, 0.25) is 0 Å². The van der Waals surface area contributed by atoms with Crippen LogP contribution in [0.25, 0.3) is 22.2 Å². The molecular formula is C25H26N6O. The third kappa shape index (κ3) is 4.42. The molecule has 0 aliphatic heterocycles. The molecule has 1 amide bonds. The van der Waals surface area contributed by atoms with E-state index in [4.69, 9.17) is 0 Å². The molecule has 0 fully saturated rings. The molecule has 0 aliphatic rings. The quantitative estimate of drug-likeness (QED) is 0.478. The van der Waals surface area contributed by atoms with E-state index in [1.165, 1.54) is 0 Å². The van der Waals surface area contributed by atoms with Crippen LogP contribution in [-0.4, -0.2) is 39.4 Å². The molecule has 0 bridgehead atoms. The summed E-state index contributed by atoms with van der Waals surface area (Å²) in [6.45, 7) is 6.75. The third-order valence-corrected chi connectivity index (χ3v) is 5.44. The Kier molecular flexibility index (Phi) is 6.07.